The van der Waals surface area contributed by atoms with E-state index in [1.54, 1.807) is 0 Å². The minimum atomic E-state index is 0.566. The van der Waals surface area contributed by atoms with Gasteiger partial charge in [-0.05, 0) is 19.3 Å². The van der Waals surface area contributed by atoms with Crippen molar-refractivity contribution in [1.29, 1.82) is 0 Å². The van der Waals surface area contributed by atoms with Crippen molar-refractivity contribution in [2.75, 3.05) is 19.8 Å². The van der Waals surface area contributed by atoms with Gasteiger partial charge in [-0.15, -0.1) is 0 Å². The van der Waals surface area contributed by atoms with Gasteiger partial charge in [-0.3, -0.25) is 0 Å². The van der Waals surface area contributed by atoms with E-state index in [-0.39, 0.29) is 0 Å². The Morgan fingerprint density at radius 1 is 0.741 bits per heavy atom. The minimum absolute atomic E-state index is 0.566. The second kappa shape index (κ2) is 15.8. The Morgan fingerprint density at radius 3 is 1.59 bits per heavy atom. The second-order valence-corrected chi connectivity index (χ2v) is 7.59. The summed E-state index contributed by atoms with van der Waals surface area (Å²) in [5.41, 5.74) is 0. The molecule has 0 saturated carbocycles. The van der Waals surface area contributed by atoms with Gasteiger partial charge in [-0.25, -0.2) is 0 Å². The molecule has 0 radical (unpaired) electrons. The van der Waals surface area contributed by atoms with E-state index < -0.39 is 0 Å². The van der Waals surface area contributed by atoms with E-state index in [9.17, 15) is 5.11 Å². The predicted octanol–water partition coefficient (Wildman–Crippen LogP) is 5.09. The highest BCUT2D eigenvalue weighted by atomic mass is 31.1. The van der Waals surface area contributed by atoms with Gasteiger partial charge in [0.05, 0.1) is 25.1 Å². The lowest BCUT2D eigenvalue weighted by molar-refractivity contribution is -0.195. The van der Waals surface area contributed by atoms with Crippen LogP contribution in [0.2, 0.25) is 0 Å². The van der Waals surface area contributed by atoms with Crippen LogP contribution in [0.3, 0.4) is 0 Å². The zero-order chi connectivity index (χ0) is 19.7. The summed E-state index contributed by atoms with van der Waals surface area (Å²) in [5, 5.41) is 12.0. The fourth-order valence-electron chi connectivity index (χ4n) is 2.65. The summed E-state index contributed by atoms with van der Waals surface area (Å²) in [7, 11) is 0.566. The first-order chi connectivity index (χ1) is 13.3. The van der Waals surface area contributed by atoms with E-state index >= 15 is 0 Å². The molecule has 0 saturated heterocycles. The van der Waals surface area contributed by atoms with Crippen molar-refractivity contribution in [3.63, 3.8) is 0 Å². The van der Waals surface area contributed by atoms with Crippen LogP contribution in [-0.2, 0) is 0 Å². The van der Waals surface area contributed by atoms with Crippen molar-refractivity contribution in [1.82, 2.24) is 0 Å². The number of benzene rings is 1. The molecule has 0 aliphatic rings. The summed E-state index contributed by atoms with van der Waals surface area (Å²) in [6.07, 6.45) is 9.92. The zero-order valence-electron chi connectivity index (χ0n) is 17.3. The van der Waals surface area contributed by atoms with Gasteiger partial charge in [0.15, 0.2) is 0 Å². The number of hydrogen-bond donors (Lipinski definition) is 0. The quantitative estimate of drug-likeness (QED) is 0.289. The topological polar surface area (TPSA) is 50.8 Å². The SMILES string of the molecule is CCCCCOc1cc(OCCCCC)c(P=C[O-])c(OCCCCC)c1. The van der Waals surface area contributed by atoms with Crippen LogP contribution in [0.5, 0.6) is 17.2 Å². The van der Waals surface area contributed by atoms with E-state index in [1.165, 1.54) is 0 Å². The molecule has 0 aliphatic carbocycles. The van der Waals surface area contributed by atoms with Crippen LogP contribution >= 0.6 is 8.20 Å². The summed E-state index contributed by atoms with van der Waals surface area (Å²) in [4.78, 5) is 0. The highest BCUT2D eigenvalue weighted by Gasteiger charge is 2.13. The van der Waals surface area contributed by atoms with Crippen molar-refractivity contribution in [2.24, 2.45) is 0 Å². The van der Waals surface area contributed by atoms with Gasteiger partial charge < -0.3 is 19.3 Å². The maximum Gasteiger partial charge on any atom is 0.138 e. The first-order valence-electron chi connectivity index (χ1n) is 10.5. The first-order valence-corrected chi connectivity index (χ1v) is 11.4. The van der Waals surface area contributed by atoms with Crippen LogP contribution in [0.15, 0.2) is 12.1 Å². The molecular weight excluding hydrogens is 359 g/mol. The third-order valence-corrected chi connectivity index (χ3v) is 5.03. The molecule has 1 aromatic rings. The van der Waals surface area contributed by atoms with Gasteiger partial charge in [-0.1, -0.05) is 67.5 Å². The van der Waals surface area contributed by atoms with Gasteiger partial charge in [-0.2, -0.15) is 5.98 Å². The molecule has 1 rings (SSSR count). The molecule has 0 N–H and O–H groups in total. The molecule has 154 valence electrons. The summed E-state index contributed by atoms with van der Waals surface area (Å²) >= 11 is 0. The van der Waals surface area contributed by atoms with E-state index in [1.807, 2.05) is 12.1 Å². The predicted molar refractivity (Wildman–Crippen MR) is 114 cm³/mol. The Bertz CT molecular complexity index is 498. The molecule has 0 heterocycles. The van der Waals surface area contributed by atoms with Crippen LogP contribution in [0.4, 0.5) is 0 Å². The minimum Gasteiger partial charge on any atom is -0.830 e. The van der Waals surface area contributed by atoms with Gasteiger partial charge in [0, 0.05) is 12.1 Å². The van der Waals surface area contributed by atoms with Crippen LogP contribution in [-0.4, -0.2) is 25.8 Å². The number of rotatable bonds is 16. The number of unbranched alkanes of at least 4 members (excludes halogenated alkanes) is 6. The fourth-order valence-corrected chi connectivity index (χ4v) is 3.27. The van der Waals surface area contributed by atoms with Crippen molar-refractivity contribution < 1.29 is 19.3 Å². The van der Waals surface area contributed by atoms with Gasteiger partial charge >= 0.3 is 0 Å². The van der Waals surface area contributed by atoms with E-state index in [2.05, 4.69) is 20.8 Å². The Kier molecular flexibility index (Phi) is 13.9. The normalized spacial score (nSPS) is 11.1. The standard InChI is InChI=1S/C22H37O4P/c1-4-7-10-13-24-19-16-20(25-14-11-8-5-2)22(27-18-23)21(17-19)26-15-12-9-6-3/h16-18,23H,4-15H2,1-3H3/p-1. The maximum atomic E-state index is 11.2. The Hall–Kier alpha value is -1.25. The molecule has 5 heteroatoms. The average Bonchev–Trinajstić information content (AvgIpc) is 2.68. The van der Waals surface area contributed by atoms with Crippen LogP contribution in [0.25, 0.3) is 0 Å². The molecule has 0 spiro atoms. The molecule has 0 fully saturated rings. The number of ether oxygens (including phenoxy) is 3. The highest BCUT2D eigenvalue weighted by molar-refractivity contribution is 7.47. The molecule has 0 amide bonds. The van der Waals surface area contributed by atoms with E-state index in [0.717, 1.165) is 74.8 Å². The van der Waals surface area contributed by atoms with Crippen LogP contribution < -0.4 is 24.6 Å². The van der Waals surface area contributed by atoms with E-state index in [0.29, 0.717) is 39.5 Å². The summed E-state index contributed by atoms with van der Waals surface area (Å²) in [6, 6.07) is 3.81. The van der Waals surface area contributed by atoms with Crippen molar-refractivity contribution >= 4 is 19.5 Å². The lowest BCUT2D eigenvalue weighted by atomic mass is 10.2. The molecule has 1 aromatic carbocycles. The summed E-state index contributed by atoms with van der Waals surface area (Å²) in [5.74, 6) is 3.05. The van der Waals surface area contributed by atoms with Crippen LogP contribution in [0.1, 0.15) is 78.6 Å². The molecular formula is C22H36O4P-. The first kappa shape index (κ1) is 23.8. The smallest absolute Gasteiger partial charge is 0.138 e. The molecule has 0 atom stereocenters. The van der Waals surface area contributed by atoms with Crippen molar-refractivity contribution in [3.8, 4) is 17.2 Å². The third kappa shape index (κ3) is 10.0. The largest absolute Gasteiger partial charge is 0.830 e. The van der Waals surface area contributed by atoms with Crippen LogP contribution in [0, 0.1) is 0 Å². The van der Waals surface area contributed by atoms with Gasteiger partial charge in [0.2, 0.25) is 0 Å². The highest BCUT2D eigenvalue weighted by Crippen LogP contribution is 2.30. The average molecular weight is 396 g/mol. The van der Waals surface area contributed by atoms with Gasteiger partial charge in [0.1, 0.15) is 17.2 Å². The van der Waals surface area contributed by atoms with E-state index in [4.69, 9.17) is 14.2 Å². The molecule has 27 heavy (non-hydrogen) atoms. The molecule has 0 unspecified atom stereocenters. The molecule has 0 aliphatic heterocycles. The Balaban J connectivity index is 2.94. The second-order valence-electron chi connectivity index (χ2n) is 6.67. The molecule has 4 nitrogen and oxygen atoms in total. The van der Waals surface area contributed by atoms with Gasteiger partial charge in [0.25, 0.3) is 0 Å². The zero-order valence-corrected chi connectivity index (χ0v) is 18.2. The summed E-state index contributed by atoms with van der Waals surface area (Å²) < 4.78 is 17.9. The van der Waals surface area contributed by atoms with Crippen molar-refractivity contribution in [3.05, 3.63) is 12.1 Å². The Labute approximate surface area is 167 Å². The molecule has 0 aromatic heterocycles. The lowest BCUT2D eigenvalue weighted by Crippen LogP contribution is -2.12. The third-order valence-electron chi connectivity index (χ3n) is 4.22. The fraction of sp³-hybridized carbons (Fsp3) is 0.682. The lowest BCUT2D eigenvalue weighted by Gasteiger charge is -2.17. The molecule has 0 bridgehead atoms. The maximum absolute atomic E-state index is 11.2. The monoisotopic (exact) mass is 395 g/mol. The van der Waals surface area contributed by atoms with Crippen molar-refractivity contribution in [2.45, 2.75) is 78.6 Å². The Morgan fingerprint density at radius 2 is 1.19 bits per heavy atom. The number of hydrogen-bond acceptors (Lipinski definition) is 4. The summed E-state index contributed by atoms with van der Waals surface area (Å²) in [6.45, 7) is 8.49.